The molecule has 4 heteroatoms. The molecule has 70 valence electrons. The summed E-state index contributed by atoms with van der Waals surface area (Å²) in [5.74, 6) is 0.149. The molecule has 13 heavy (non-hydrogen) atoms. The fourth-order valence-electron chi connectivity index (χ4n) is 0.957. The smallest absolute Gasteiger partial charge is 0.337 e. The van der Waals surface area contributed by atoms with Crippen molar-refractivity contribution in [3.8, 4) is 0 Å². The van der Waals surface area contributed by atoms with Crippen molar-refractivity contribution < 1.29 is 9.53 Å². The van der Waals surface area contributed by atoms with Crippen LogP contribution in [0.1, 0.15) is 16.1 Å². The van der Waals surface area contributed by atoms with Gasteiger partial charge in [0.2, 0.25) is 0 Å². The molecule has 1 heterocycles. The summed E-state index contributed by atoms with van der Waals surface area (Å²) >= 11 is 5.55. The molecule has 0 radical (unpaired) electrons. The first kappa shape index (κ1) is 9.99. The van der Waals surface area contributed by atoms with Gasteiger partial charge in [-0.15, -0.1) is 11.6 Å². The molecule has 0 saturated heterocycles. The van der Waals surface area contributed by atoms with Crippen LogP contribution in [-0.4, -0.2) is 23.9 Å². The minimum absolute atomic E-state index is 0.349. The Kier molecular flexibility index (Phi) is 3.71. The first-order valence-electron chi connectivity index (χ1n) is 3.87. The minimum Gasteiger partial charge on any atom is -0.465 e. The number of hydrogen-bond acceptors (Lipinski definition) is 3. The van der Waals surface area contributed by atoms with Crippen molar-refractivity contribution in [1.29, 1.82) is 0 Å². The number of carbonyl (C=O) groups excluding carboxylic acids is 1. The van der Waals surface area contributed by atoms with E-state index in [1.54, 1.807) is 18.3 Å². The highest BCUT2D eigenvalue weighted by atomic mass is 35.5. The topological polar surface area (TPSA) is 39.2 Å². The zero-order valence-electron chi connectivity index (χ0n) is 7.29. The second-order valence-corrected chi connectivity index (χ2v) is 2.84. The van der Waals surface area contributed by atoms with Crippen LogP contribution in [0.2, 0.25) is 0 Å². The van der Waals surface area contributed by atoms with Crippen LogP contribution < -0.4 is 0 Å². The van der Waals surface area contributed by atoms with Gasteiger partial charge in [0, 0.05) is 24.2 Å². The second kappa shape index (κ2) is 4.82. The van der Waals surface area contributed by atoms with E-state index in [4.69, 9.17) is 11.6 Å². The Bertz CT molecular complexity index is 301. The van der Waals surface area contributed by atoms with Crippen LogP contribution in [0.15, 0.2) is 18.3 Å². The lowest BCUT2D eigenvalue weighted by Gasteiger charge is -2.00. The number of alkyl halides is 1. The highest BCUT2D eigenvalue weighted by Crippen LogP contribution is 2.04. The number of esters is 1. The maximum Gasteiger partial charge on any atom is 0.337 e. The molecule has 1 aromatic rings. The molecular weight excluding hydrogens is 190 g/mol. The zero-order valence-corrected chi connectivity index (χ0v) is 8.04. The van der Waals surface area contributed by atoms with Gasteiger partial charge in [0.15, 0.2) is 0 Å². The second-order valence-electron chi connectivity index (χ2n) is 2.47. The zero-order chi connectivity index (χ0) is 9.68. The van der Waals surface area contributed by atoms with Crippen molar-refractivity contribution in [2.45, 2.75) is 6.42 Å². The number of pyridine rings is 1. The van der Waals surface area contributed by atoms with Gasteiger partial charge in [-0.05, 0) is 12.1 Å². The lowest BCUT2D eigenvalue weighted by Crippen LogP contribution is -2.03. The Morgan fingerprint density at radius 2 is 2.46 bits per heavy atom. The van der Waals surface area contributed by atoms with Crippen LogP contribution in [0.25, 0.3) is 0 Å². The molecular formula is C9H10ClNO2. The summed E-state index contributed by atoms with van der Waals surface area (Å²) in [7, 11) is 1.35. The molecule has 0 amide bonds. The number of ether oxygens (including phenoxy) is 1. The van der Waals surface area contributed by atoms with E-state index in [0.717, 1.165) is 5.69 Å². The molecule has 0 aliphatic rings. The summed E-state index contributed by atoms with van der Waals surface area (Å²) in [5, 5.41) is 0. The molecule has 1 rings (SSSR count). The maximum atomic E-state index is 11.1. The van der Waals surface area contributed by atoms with Crippen LogP contribution in [0.3, 0.4) is 0 Å². The van der Waals surface area contributed by atoms with Gasteiger partial charge in [-0.2, -0.15) is 0 Å². The molecule has 3 nitrogen and oxygen atoms in total. The number of aryl methyl sites for hydroxylation is 1. The fourth-order valence-corrected chi connectivity index (χ4v) is 1.15. The first-order valence-corrected chi connectivity index (χ1v) is 4.40. The SMILES string of the molecule is COC(=O)c1ccnc(CCCl)c1. The van der Waals surface area contributed by atoms with Crippen molar-refractivity contribution in [3.63, 3.8) is 0 Å². The average Bonchev–Trinajstić information content (AvgIpc) is 2.18. The number of nitrogens with zero attached hydrogens (tertiary/aromatic N) is 1. The number of hydrogen-bond donors (Lipinski definition) is 0. The standard InChI is InChI=1S/C9H10ClNO2/c1-13-9(12)7-3-5-11-8(6-7)2-4-10/h3,5-6H,2,4H2,1H3. The summed E-state index contributed by atoms with van der Waals surface area (Å²) in [6, 6.07) is 3.30. The summed E-state index contributed by atoms with van der Waals surface area (Å²) in [5.41, 5.74) is 1.32. The minimum atomic E-state index is -0.349. The molecule has 0 aromatic carbocycles. The third-order valence-electron chi connectivity index (χ3n) is 1.59. The molecule has 0 bridgehead atoms. The maximum absolute atomic E-state index is 11.1. The fraction of sp³-hybridized carbons (Fsp3) is 0.333. The summed E-state index contributed by atoms with van der Waals surface area (Å²) < 4.78 is 4.57. The summed E-state index contributed by atoms with van der Waals surface area (Å²) in [4.78, 5) is 15.1. The number of carbonyl (C=O) groups is 1. The molecule has 0 fully saturated rings. The summed E-state index contributed by atoms with van der Waals surface area (Å²) in [6.07, 6.45) is 2.24. The van der Waals surface area contributed by atoms with Gasteiger partial charge in [-0.25, -0.2) is 4.79 Å². The Hall–Kier alpha value is -1.09. The number of halogens is 1. The van der Waals surface area contributed by atoms with E-state index in [1.165, 1.54) is 7.11 Å². The first-order chi connectivity index (χ1) is 6.27. The molecule has 0 aliphatic heterocycles. The molecule has 0 aliphatic carbocycles. The number of aromatic nitrogens is 1. The van der Waals surface area contributed by atoms with Crippen LogP contribution in [0.4, 0.5) is 0 Å². The van der Waals surface area contributed by atoms with E-state index >= 15 is 0 Å². The number of methoxy groups -OCH3 is 1. The Morgan fingerprint density at radius 3 is 3.08 bits per heavy atom. The third kappa shape index (κ3) is 2.70. The van der Waals surface area contributed by atoms with Crippen LogP contribution in [-0.2, 0) is 11.2 Å². The quantitative estimate of drug-likeness (QED) is 0.549. The highest BCUT2D eigenvalue weighted by Gasteiger charge is 2.05. The molecule has 0 atom stereocenters. The van der Waals surface area contributed by atoms with E-state index in [-0.39, 0.29) is 5.97 Å². The van der Waals surface area contributed by atoms with Gasteiger partial charge < -0.3 is 4.74 Å². The normalized spacial score (nSPS) is 9.69. The molecule has 0 spiro atoms. The van der Waals surface area contributed by atoms with Gasteiger partial charge in [0.25, 0.3) is 0 Å². The van der Waals surface area contributed by atoms with Gasteiger partial charge in [0.1, 0.15) is 0 Å². The van der Waals surface area contributed by atoms with Gasteiger partial charge in [-0.1, -0.05) is 0 Å². The highest BCUT2D eigenvalue weighted by molar-refractivity contribution is 6.17. The van der Waals surface area contributed by atoms with E-state index in [9.17, 15) is 4.79 Å². The lowest BCUT2D eigenvalue weighted by molar-refractivity contribution is 0.0600. The van der Waals surface area contributed by atoms with Gasteiger partial charge >= 0.3 is 5.97 Å². The van der Waals surface area contributed by atoms with Crippen molar-refractivity contribution in [3.05, 3.63) is 29.6 Å². The van der Waals surface area contributed by atoms with Crippen LogP contribution in [0, 0.1) is 0 Å². The predicted molar refractivity (Wildman–Crippen MR) is 50.0 cm³/mol. The predicted octanol–water partition coefficient (Wildman–Crippen LogP) is 1.65. The van der Waals surface area contributed by atoms with Crippen molar-refractivity contribution >= 4 is 17.6 Å². The Balaban J connectivity index is 2.85. The lowest BCUT2D eigenvalue weighted by atomic mass is 10.2. The van der Waals surface area contributed by atoms with Crippen molar-refractivity contribution in [2.75, 3.05) is 13.0 Å². The van der Waals surface area contributed by atoms with Gasteiger partial charge in [-0.3, -0.25) is 4.98 Å². The third-order valence-corrected chi connectivity index (χ3v) is 1.78. The number of rotatable bonds is 3. The Morgan fingerprint density at radius 1 is 1.69 bits per heavy atom. The van der Waals surface area contributed by atoms with Crippen LogP contribution >= 0.6 is 11.6 Å². The molecule has 1 aromatic heterocycles. The van der Waals surface area contributed by atoms with Crippen LogP contribution in [0.5, 0.6) is 0 Å². The van der Waals surface area contributed by atoms with E-state index in [1.807, 2.05) is 0 Å². The van der Waals surface area contributed by atoms with E-state index in [2.05, 4.69) is 9.72 Å². The largest absolute Gasteiger partial charge is 0.465 e. The molecule has 0 unspecified atom stereocenters. The van der Waals surface area contributed by atoms with Gasteiger partial charge in [0.05, 0.1) is 12.7 Å². The van der Waals surface area contributed by atoms with E-state index < -0.39 is 0 Å². The summed E-state index contributed by atoms with van der Waals surface area (Å²) in [6.45, 7) is 0. The molecule has 0 saturated carbocycles. The van der Waals surface area contributed by atoms with Crippen molar-refractivity contribution in [2.24, 2.45) is 0 Å². The monoisotopic (exact) mass is 199 g/mol. The average molecular weight is 200 g/mol. The molecule has 0 N–H and O–H groups in total. The van der Waals surface area contributed by atoms with E-state index in [0.29, 0.717) is 17.9 Å². The van der Waals surface area contributed by atoms with Crippen molar-refractivity contribution in [1.82, 2.24) is 4.98 Å². The Labute approximate surface area is 81.7 Å².